The number of hydrogen-bond acceptors (Lipinski definition) is 4. The smallest absolute Gasteiger partial charge is 0.229 e. The molecular weight excluding hydrogens is 330 g/mol. The van der Waals surface area contributed by atoms with Gasteiger partial charge in [-0.25, -0.2) is 4.98 Å². The SMILES string of the molecule is COc1cccc2c1OC[C@H](C(=O)N1CCC(c3nccn3C)CC1)C2. The number of aryl methyl sites for hydroxylation is 1. The number of fused-ring (bicyclic) bond motifs is 1. The highest BCUT2D eigenvalue weighted by atomic mass is 16.5. The van der Waals surface area contributed by atoms with Crippen molar-refractivity contribution in [3.63, 3.8) is 0 Å². The number of imidazole rings is 1. The Bertz CT molecular complexity index is 793. The Morgan fingerprint density at radius 3 is 2.81 bits per heavy atom. The Balaban J connectivity index is 1.39. The summed E-state index contributed by atoms with van der Waals surface area (Å²) in [6.45, 7) is 2.00. The largest absolute Gasteiger partial charge is 0.493 e. The van der Waals surface area contributed by atoms with E-state index in [1.165, 1.54) is 0 Å². The molecule has 0 bridgehead atoms. The lowest BCUT2D eigenvalue weighted by atomic mass is 9.92. The van der Waals surface area contributed by atoms with Crippen LogP contribution in [0, 0.1) is 5.92 Å². The van der Waals surface area contributed by atoms with Gasteiger partial charge in [0.1, 0.15) is 12.4 Å². The number of carbonyl (C=O) groups is 1. The van der Waals surface area contributed by atoms with Crippen LogP contribution < -0.4 is 9.47 Å². The summed E-state index contributed by atoms with van der Waals surface area (Å²) in [5.74, 6) is 3.18. The van der Waals surface area contributed by atoms with Crippen molar-refractivity contribution in [3.8, 4) is 11.5 Å². The third kappa shape index (κ3) is 3.04. The lowest BCUT2D eigenvalue weighted by molar-refractivity contribution is -0.138. The van der Waals surface area contributed by atoms with E-state index >= 15 is 0 Å². The van der Waals surface area contributed by atoms with E-state index in [1.807, 2.05) is 42.5 Å². The van der Waals surface area contributed by atoms with Crippen LogP contribution in [0.3, 0.4) is 0 Å². The van der Waals surface area contributed by atoms with E-state index in [1.54, 1.807) is 7.11 Å². The first-order valence-electron chi connectivity index (χ1n) is 9.22. The average Bonchev–Trinajstić information content (AvgIpc) is 3.12. The van der Waals surface area contributed by atoms with Gasteiger partial charge in [-0.15, -0.1) is 0 Å². The molecule has 1 fully saturated rings. The summed E-state index contributed by atoms with van der Waals surface area (Å²) in [6, 6.07) is 5.86. The van der Waals surface area contributed by atoms with E-state index in [-0.39, 0.29) is 11.8 Å². The number of aromatic nitrogens is 2. The molecule has 0 spiro atoms. The fraction of sp³-hybridized carbons (Fsp3) is 0.500. The van der Waals surface area contributed by atoms with Gasteiger partial charge < -0.3 is 18.9 Å². The van der Waals surface area contributed by atoms with Gasteiger partial charge in [0.2, 0.25) is 5.91 Å². The summed E-state index contributed by atoms with van der Waals surface area (Å²) in [4.78, 5) is 19.4. The van der Waals surface area contributed by atoms with Gasteiger partial charge in [-0.1, -0.05) is 12.1 Å². The number of hydrogen-bond donors (Lipinski definition) is 0. The molecule has 26 heavy (non-hydrogen) atoms. The van der Waals surface area contributed by atoms with Gasteiger partial charge in [0.05, 0.1) is 13.0 Å². The number of amides is 1. The highest BCUT2D eigenvalue weighted by Gasteiger charge is 2.33. The maximum absolute atomic E-state index is 13.0. The van der Waals surface area contributed by atoms with Crippen LogP contribution in [-0.4, -0.2) is 47.2 Å². The zero-order chi connectivity index (χ0) is 18.1. The topological polar surface area (TPSA) is 56.6 Å². The first-order chi connectivity index (χ1) is 12.7. The van der Waals surface area contributed by atoms with E-state index in [0.29, 0.717) is 18.9 Å². The molecule has 2 aliphatic rings. The Morgan fingerprint density at radius 2 is 2.12 bits per heavy atom. The van der Waals surface area contributed by atoms with Crippen LogP contribution in [0.25, 0.3) is 0 Å². The number of likely N-dealkylation sites (tertiary alicyclic amines) is 1. The van der Waals surface area contributed by atoms with Crippen molar-refractivity contribution in [1.29, 1.82) is 0 Å². The molecule has 1 amide bonds. The van der Waals surface area contributed by atoms with Crippen LogP contribution in [-0.2, 0) is 18.3 Å². The highest BCUT2D eigenvalue weighted by molar-refractivity contribution is 5.80. The Labute approximate surface area is 153 Å². The van der Waals surface area contributed by atoms with Crippen LogP contribution in [0.4, 0.5) is 0 Å². The van der Waals surface area contributed by atoms with Gasteiger partial charge in [-0.3, -0.25) is 4.79 Å². The van der Waals surface area contributed by atoms with Crippen LogP contribution in [0.15, 0.2) is 30.6 Å². The second-order valence-electron chi connectivity index (χ2n) is 7.16. The summed E-state index contributed by atoms with van der Waals surface area (Å²) in [6.07, 6.45) is 6.48. The number of nitrogens with zero attached hydrogens (tertiary/aromatic N) is 3. The zero-order valence-corrected chi connectivity index (χ0v) is 15.4. The molecular formula is C20H25N3O3. The van der Waals surface area contributed by atoms with Gasteiger partial charge in [0, 0.05) is 38.4 Å². The van der Waals surface area contributed by atoms with Crippen molar-refractivity contribution in [2.45, 2.75) is 25.2 Å². The Morgan fingerprint density at radius 1 is 1.31 bits per heavy atom. The quantitative estimate of drug-likeness (QED) is 0.848. The molecule has 1 aromatic heterocycles. The second-order valence-corrected chi connectivity index (χ2v) is 7.16. The minimum Gasteiger partial charge on any atom is -0.493 e. The Hall–Kier alpha value is -2.50. The van der Waals surface area contributed by atoms with Crippen molar-refractivity contribution in [1.82, 2.24) is 14.5 Å². The first kappa shape index (κ1) is 16.9. The zero-order valence-electron chi connectivity index (χ0n) is 15.4. The molecule has 4 rings (SSSR count). The maximum atomic E-state index is 13.0. The van der Waals surface area contributed by atoms with Crippen molar-refractivity contribution < 1.29 is 14.3 Å². The molecule has 2 aliphatic heterocycles. The number of rotatable bonds is 3. The lowest BCUT2D eigenvalue weighted by Gasteiger charge is -2.35. The average molecular weight is 355 g/mol. The summed E-state index contributed by atoms with van der Waals surface area (Å²) in [5, 5.41) is 0. The molecule has 2 aromatic rings. The van der Waals surface area contributed by atoms with E-state index < -0.39 is 0 Å². The number of carbonyl (C=O) groups excluding carboxylic acids is 1. The van der Waals surface area contributed by atoms with Crippen LogP contribution >= 0.6 is 0 Å². The molecule has 6 heteroatoms. The molecule has 0 aliphatic carbocycles. The van der Waals surface area contributed by atoms with Crippen LogP contribution in [0.1, 0.15) is 30.1 Å². The van der Waals surface area contributed by atoms with E-state index in [4.69, 9.17) is 9.47 Å². The fourth-order valence-corrected chi connectivity index (χ4v) is 4.10. The monoisotopic (exact) mass is 355 g/mol. The molecule has 0 unspecified atom stereocenters. The molecule has 0 N–H and O–H groups in total. The predicted molar refractivity (Wildman–Crippen MR) is 97.4 cm³/mol. The summed E-state index contributed by atoms with van der Waals surface area (Å²) in [7, 11) is 3.67. The minimum absolute atomic E-state index is 0.112. The number of para-hydroxylation sites is 1. The molecule has 1 aromatic carbocycles. The highest BCUT2D eigenvalue weighted by Crippen LogP contribution is 2.37. The summed E-state index contributed by atoms with van der Waals surface area (Å²) < 4.78 is 13.3. The van der Waals surface area contributed by atoms with Crippen LogP contribution in [0.2, 0.25) is 0 Å². The van der Waals surface area contributed by atoms with E-state index in [0.717, 1.165) is 48.8 Å². The van der Waals surface area contributed by atoms with Crippen molar-refractivity contribution in [3.05, 3.63) is 42.0 Å². The summed E-state index contributed by atoms with van der Waals surface area (Å²) >= 11 is 0. The molecule has 1 saturated heterocycles. The number of methoxy groups -OCH3 is 1. The Kier molecular flexibility index (Phi) is 4.57. The predicted octanol–water partition coefficient (Wildman–Crippen LogP) is 2.39. The van der Waals surface area contributed by atoms with Gasteiger partial charge in [0.25, 0.3) is 0 Å². The van der Waals surface area contributed by atoms with Crippen LogP contribution in [0.5, 0.6) is 11.5 Å². The fourth-order valence-electron chi connectivity index (χ4n) is 4.10. The van der Waals surface area contributed by atoms with Gasteiger partial charge in [-0.2, -0.15) is 0 Å². The van der Waals surface area contributed by atoms with E-state index in [9.17, 15) is 4.79 Å². The number of benzene rings is 1. The van der Waals surface area contributed by atoms with Crippen molar-refractivity contribution in [2.24, 2.45) is 13.0 Å². The molecule has 6 nitrogen and oxygen atoms in total. The standard InChI is InChI=1S/C20H25N3O3/c1-22-11-8-21-19(22)14-6-9-23(10-7-14)20(24)16-12-15-4-3-5-17(25-2)18(15)26-13-16/h3-5,8,11,14,16H,6-7,9-10,12-13H2,1-2H3/t16-/m1/s1. The van der Waals surface area contributed by atoms with E-state index in [2.05, 4.69) is 9.55 Å². The van der Waals surface area contributed by atoms with Gasteiger partial charge in [0.15, 0.2) is 11.5 Å². The van der Waals surface area contributed by atoms with Crippen molar-refractivity contribution in [2.75, 3.05) is 26.8 Å². The normalized spacial score (nSPS) is 20.4. The third-order valence-electron chi connectivity index (χ3n) is 5.56. The molecule has 3 heterocycles. The maximum Gasteiger partial charge on any atom is 0.229 e. The third-order valence-corrected chi connectivity index (χ3v) is 5.56. The first-order valence-corrected chi connectivity index (χ1v) is 9.22. The molecule has 0 saturated carbocycles. The van der Waals surface area contributed by atoms with Gasteiger partial charge in [-0.05, 0) is 30.9 Å². The molecule has 138 valence electrons. The van der Waals surface area contributed by atoms with Crippen molar-refractivity contribution >= 4 is 5.91 Å². The molecule has 1 atom stereocenters. The second kappa shape index (κ2) is 7.02. The summed E-state index contributed by atoms with van der Waals surface area (Å²) in [5.41, 5.74) is 1.05. The lowest BCUT2D eigenvalue weighted by Crippen LogP contribution is -2.44. The van der Waals surface area contributed by atoms with Gasteiger partial charge >= 0.3 is 0 Å². The molecule has 0 radical (unpaired) electrons. The number of piperidine rings is 1. The number of ether oxygens (including phenoxy) is 2. The minimum atomic E-state index is -0.112.